The van der Waals surface area contributed by atoms with Gasteiger partial charge in [-0.05, 0) is 37.6 Å². The van der Waals surface area contributed by atoms with Crippen molar-refractivity contribution in [2.75, 3.05) is 13.1 Å². The number of nitrogens with one attached hydrogen (secondary N) is 1. The highest BCUT2D eigenvalue weighted by Crippen LogP contribution is 2.19. The zero-order chi connectivity index (χ0) is 13.9. The fraction of sp³-hybridized carbons (Fsp3) is 0.375. The number of nitrogens with zero attached hydrogens (tertiary/aromatic N) is 2. The molecule has 1 aliphatic rings. The largest absolute Gasteiger partial charge is 0.337 e. The van der Waals surface area contributed by atoms with Crippen molar-refractivity contribution >= 4 is 16.8 Å². The van der Waals surface area contributed by atoms with Crippen LogP contribution in [-0.4, -0.2) is 34.9 Å². The van der Waals surface area contributed by atoms with Crippen LogP contribution in [0.4, 0.5) is 0 Å². The van der Waals surface area contributed by atoms with Crippen LogP contribution >= 0.6 is 0 Å². The Bertz CT molecular complexity index is 621. The molecule has 0 bridgehead atoms. The third-order valence-corrected chi connectivity index (χ3v) is 3.84. The fourth-order valence-electron chi connectivity index (χ4n) is 2.72. The molecule has 1 aromatic heterocycles. The van der Waals surface area contributed by atoms with Crippen LogP contribution in [0.25, 0.3) is 10.9 Å². The Hall–Kier alpha value is -1.94. The highest BCUT2D eigenvalue weighted by Gasteiger charge is 2.23. The predicted molar refractivity (Wildman–Crippen MR) is 79.2 cm³/mol. The summed E-state index contributed by atoms with van der Waals surface area (Å²) in [5.74, 6) is 0.184. The molecular formula is C16H19N3O. The van der Waals surface area contributed by atoms with Gasteiger partial charge in [0.15, 0.2) is 0 Å². The van der Waals surface area contributed by atoms with Gasteiger partial charge in [0.2, 0.25) is 5.91 Å². The van der Waals surface area contributed by atoms with Crippen LogP contribution in [-0.2, 0) is 11.3 Å². The highest BCUT2D eigenvalue weighted by atomic mass is 16.2. The van der Waals surface area contributed by atoms with Crippen LogP contribution in [0.1, 0.15) is 18.9 Å². The number of amides is 1. The van der Waals surface area contributed by atoms with Gasteiger partial charge in [0.1, 0.15) is 0 Å². The molecular weight excluding hydrogens is 250 g/mol. The molecule has 1 saturated heterocycles. The van der Waals surface area contributed by atoms with E-state index in [0.29, 0.717) is 6.54 Å². The number of para-hydroxylation sites is 1. The number of carbonyl (C=O) groups excluding carboxylic acids is 1. The molecule has 1 aliphatic heterocycles. The van der Waals surface area contributed by atoms with Gasteiger partial charge in [0.25, 0.3) is 0 Å². The average Bonchev–Trinajstić information content (AvgIpc) is 2.63. The van der Waals surface area contributed by atoms with Crippen LogP contribution < -0.4 is 5.32 Å². The molecule has 1 N–H and O–H groups in total. The smallest absolute Gasteiger partial charge is 0.239 e. The van der Waals surface area contributed by atoms with Crippen LogP contribution in [0, 0.1) is 0 Å². The van der Waals surface area contributed by atoms with Crippen molar-refractivity contribution in [2.45, 2.75) is 25.9 Å². The average molecular weight is 269 g/mol. The third-order valence-electron chi connectivity index (χ3n) is 3.84. The lowest BCUT2D eigenvalue weighted by Gasteiger charge is -2.23. The van der Waals surface area contributed by atoms with Gasteiger partial charge in [0.05, 0.1) is 11.6 Å². The lowest BCUT2D eigenvalue weighted by Crippen LogP contribution is -2.41. The number of aromatic nitrogens is 1. The van der Waals surface area contributed by atoms with Crippen molar-refractivity contribution in [2.24, 2.45) is 0 Å². The molecule has 1 fully saturated rings. The molecule has 104 valence electrons. The molecule has 2 aromatic rings. The number of fused-ring (bicyclic) bond motifs is 1. The van der Waals surface area contributed by atoms with Crippen LogP contribution in [0.15, 0.2) is 36.5 Å². The minimum atomic E-state index is -0.0920. The highest BCUT2D eigenvalue weighted by molar-refractivity contribution is 5.84. The van der Waals surface area contributed by atoms with Crippen LogP contribution in [0.5, 0.6) is 0 Å². The van der Waals surface area contributed by atoms with Gasteiger partial charge in [0, 0.05) is 24.7 Å². The summed E-state index contributed by atoms with van der Waals surface area (Å²) >= 11 is 0. The molecule has 20 heavy (non-hydrogen) atoms. The van der Waals surface area contributed by atoms with E-state index in [-0.39, 0.29) is 11.9 Å². The summed E-state index contributed by atoms with van der Waals surface area (Å²) in [7, 11) is 0. The first-order valence-corrected chi connectivity index (χ1v) is 7.10. The molecule has 0 radical (unpaired) electrons. The van der Waals surface area contributed by atoms with Crippen LogP contribution in [0.2, 0.25) is 0 Å². The van der Waals surface area contributed by atoms with E-state index < -0.39 is 0 Å². The summed E-state index contributed by atoms with van der Waals surface area (Å²) in [6.45, 7) is 4.31. The lowest BCUT2D eigenvalue weighted by molar-refractivity contribution is -0.132. The number of rotatable bonds is 2. The quantitative estimate of drug-likeness (QED) is 0.906. The molecule has 1 unspecified atom stereocenters. The minimum Gasteiger partial charge on any atom is -0.337 e. The number of benzene rings is 1. The van der Waals surface area contributed by atoms with Gasteiger partial charge in [-0.1, -0.05) is 18.2 Å². The summed E-state index contributed by atoms with van der Waals surface area (Å²) in [6, 6.07) is 10.0. The van der Waals surface area contributed by atoms with Crippen LogP contribution in [0.3, 0.4) is 0 Å². The molecule has 2 heterocycles. The predicted octanol–water partition coefficient (Wildman–Crippen LogP) is 1.95. The van der Waals surface area contributed by atoms with Crippen molar-refractivity contribution in [3.05, 3.63) is 42.1 Å². The second-order valence-corrected chi connectivity index (χ2v) is 5.28. The molecule has 4 nitrogen and oxygen atoms in total. The van der Waals surface area contributed by atoms with Crippen molar-refractivity contribution in [3.63, 3.8) is 0 Å². The van der Waals surface area contributed by atoms with E-state index in [1.165, 1.54) is 0 Å². The standard InChI is InChI=1S/C16H19N3O/c1-12-16(20)19(10-4-8-17-12)11-13-7-9-18-15-6-3-2-5-14(13)15/h2-3,5-7,9,12,17H,4,8,10-11H2,1H3. The molecule has 1 atom stereocenters. The number of hydrogen-bond donors (Lipinski definition) is 1. The van der Waals surface area contributed by atoms with E-state index in [1.807, 2.05) is 42.3 Å². The molecule has 0 spiro atoms. The summed E-state index contributed by atoms with van der Waals surface area (Å²) in [4.78, 5) is 18.7. The summed E-state index contributed by atoms with van der Waals surface area (Å²) in [6.07, 6.45) is 2.82. The van der Waals surface area contributed by atoms with E-state index in [9.17, 15) is 4.79 Å². The molecule has 1 amide bonds. The van der Waals surface area contributed by atoms with E-state index in [1.54, 1.807) is 0 Å². The van der Waals surface area contributed by atoms with Gasteiger partial charge >= 0.3 is 0 Å². The maximum atomic E-state index is 12.3. The fourth-order valence-corrected chi connectivity index (χ4v) is 2.72. The van der Waals surface area contributed by atoms with E-state index in [0.717, 1.165) is 36.0 Å². The molecule has 0 saturated carbocycles. The second kappa shape index (κ2) is 5.59. The number of carbonyl (C=O) groups is 1. The Kier molecular flexibility index (Phi) is 3.65. The third kappa shape index (κ3) is 2.51. The van der Waals surface area contributed by atoms with Gasteiger partial charge in [-0.15, -0.1) is 0 Å². The topological polar surface area (TPSA) is 45.2 Å². The maximum Gasteiger partial charge on any atom is 0.239 e. The van der Waals surface area contributed by atoms with Crippen molar-refractivity contribution in [1.82, 2.24) is 15.2 Å². The monoisotopic (exact) mass is 269 g/mol. The first kappa shape index (κ1) is 13.1. The first-order chi connectivity index (χ1) is 9.75. The van der Waals surface area contributed by atoms with Crippen molar-refractivity contribution in [3.8, 4) is 0 Å². The van der Waals surface area contributed by atoms with E-state index >= 15 is 0 Å². The normalized spacial score (nSPS) is 20.1. The van der Waals surface area contributed by atoms with E-state index in [4.69, 9.17) is 0 Å². The Balaban J connectivity index is 1.90. The van der Waals surface area contributed by atoms with Crippen molar-refractivity contribution in [1.29, 1.82) is 0 Å². The van der Waals surface area contributed by atoms with E-state index in [2.05, 4.69) is 16.4 Å². The summed E-state index contributed by atoms with van der Waals surface area (Å²) < 4.78 is 0. The molecule has 1 aromatic carbocycles. The Morgan fingerprint density at radius 1 is 1.35 bits per heavy atom. The Morgan fingerprint density at radius 2 is 2.20 bits per heavy atom. The molecule has 4 heteroatoms. The minimum absolute atomic E-state index is 0.0920. The lowest BCUT2D eigenvalue weighted by atomic mass is 10.1. The number of pyridine rings is 1. The summed E-state index contributed by atoms with van der Waals surface area (Å²) in [5.41, 5.74) is 2.15. The maximum absolute atomic E-state index is 12.3. The SMILES string of the molecule is CC1NCCCN(Cc2ccnc3ccccc23)C1=O. The Morgan fingerprint density at radius 3 is 3.10 bits per heavy atom. The van der Waals surface area contributed by atoms with Gasteiger partial charge in [-0.3, -0.25) is 9.78 Å². The van der Waals surface area contributed by atoms with Crippen molar-refractivity contribution < 1.29 is 4.79 Å². The second-order valence-electron chi connectivity index (χ2n) is 5.28. The molecule has 3 rings (SSSR count). The first-order valence-electron chi connectivity index (χ1n) is 7.10. The zero-order valence-corrected chi connectivity index (χ0v) is 11.7. The molecule has 0 aliphatic carbocycles. The Labute approximate surface area is 118 Å². The van der Waals surface area contributed by atoms with Gasteiger partial charge < -0.3 is 10.2 Å². The zero-order valence-electron chi connectivity index (χ0n) is 11.7. The number of hydrogen-bond acceptors (Lipinski definition) is 3. The van der Waals surface area contributed by atoms with Gasteiger partial charge in [-0.2, -0.15) is 0 Å². The van der Waals surface area contributed by atoms with Gasteiger partial charge in [-0.25, -0.2) is 0 Å². The summed E-state index contributed by atoms with van der Waals surface area (Å²) in [5, 5.41) is 4.38.